The van der Waals surface area contributed by atoms with E-state index in [2.05, 4.69) is 33.2 Å². The van der Waals surface area contributed by atoms with Crippen molar-refractivity contribution in [3.05, 3.63) is 27.8 Å². The summed E-state index contributed by atoms with van der Waals surface area (Å²) in [4.78, 5) is 23.1. The first-order valence-corrected chi connectivity index (χ1v) is 7.57. The van der Waals surface area contributed by atoms with Gasteiger partial charge in [-0.15, -0.1) is 12.4 Å². The lowest BCUT2D eigenvalue weighted by atomic mass is 10.1. The number of carbonyl (C=O) groups is 2. The quantitative estimate of drug-likeness (QED) is 0.586. The van der Waals surface area contributed by atoms with Crippen molar-refractivity contribution in [3.8, 4) is 0 Å². The third-order valence-electron chi connectivity index (χ3n) is 2.81. The van der Waals surface area contributed by atoms with E-state index in [0.717, 1.165) is 9.99 Å². The fourth-order valence-electron chi connectivity index (χ4n) is 1.76. The zero-order chi connectivity index (χ0) is 15.1. The van der Waals surface area contributed by atoms with Crippen molar-refractivity contribution >= 4 is 52.6 Å². The molecule has 0 saturated heterocycles. The SMILES string of the molecule is CCCC(NC(C)C(=O)Nc1cccc(I)c1)C(=O)O.Cl. The molecule has 0 aromatic heterocycles. The Bertz CT molecular complexity index is 485. The molecule has 0 radical (unpaired) electrons. The fraction of sp³-hybridized carbons (Fsp3) is 0.429. The number of aliphatic carboxylic acids is 1. The number of carbonyl (C=O) groups excluding carboxylic acids is 1. The normalized spacial score (nSPS) is 12.9. The first-order chi connectivity index (χ1) is 9.43. The predicted octanol–water partition coefficient (Wildman–Crippen LogP) is 2.88. The van der Waals surface area contributed by atoms with Gasteiger partial charge in [-0.3, -0.25) is 14.9 Å². The van der Waals surface area contributed by atoms with Gasteiger partial charge in [-0.05, 0) is 54.1 Å². The van der Waals surface area contributed by atoms with Crippen molar-refractivity contribution in [3.63, 3.8) is 0 Å². The molecule has 0 aliphatic heterocycles. The Balaban J connectivity index is 0.00000400. The van der Waals surface area contributed by atoms with Gasteiger partial charge in [0.05, 0.1) is 6.04 Å². The lowest BCUT2D eigenvalue weighted by Crippen LogP contribution is -2.47. The van der Waals surface area contributed by atoms with E-state index in [9.17, 15) is 9.59 Å². The fourth-order valence-corrected chi connectivity index (χ4v) is 2.30. The van der Waals surface area contributed by atoms with Gasteiger partial charge in [-0.2, -0.15) is 0 Å². The van der Waals surface area contributed by atoms with Crippen LogP contribution >= 0.6 is 35.0 Å². The number of benzene rings is 1. The molecule has 0 heterocycles. The molecule has 0 bridgehead atoms. The highest BCUT2D eigenvalue weighted by Gasteiger charge is 2.22. The van der Waals surface area contributed by atoms with E-state index >= 15 is 0 Å². The summed E-state index contributed by atoms with van der Waals surface area (Å²) >= 11 is 2.16. The number of hydrogen-bond donors (Lipinski definition) is 3. The number of carboxylic acids is 1. The molecule has 118 valence electrons. The standard InChI is InChI=1S/C14H19IN2O3.ClH/c1-3-5-12(14(19)20)16-9(2)13(18)17-11-7-4-6-10(15)8-11;/h4,6-9,12,16H,3,5H2,1-2H3,(H,17,18)(H,19,20);1H. The molecule has 7 heteroatoms. The Morgan fingerprint density at radius 1 is 1.38 bits per heavy atom. The van der Waals surface area contributed by atoms with E-state index in [0.29, 0.717) is 12.1 Å². The third kappa shape index (κ3) is 7.10. The summed E-state index contributed by atoms with van der Waals surface area (Å²) < 4.78 is 1.02. The van der Waals surface area contributed by atoms with Crippen molar-refractivity contribution in [2.24, 2.45) is 0 Å². The van der Waals surface area contributed by atoms with Crippen LogP contribution in [0.2, 0.25) is 0 Å². The van der Waals surface area contributed by atoms with Gasteiger partial charge in [0, 0.05) is 9.26 Å². The molecular formula is C14H20ClIN2O3. The maximum atomic E-state index is 12.0. The maximum Gasteiger partial charge on any atom is 0.320 e. The predicted molar refractivity (Wildman–Crippen MR) is 94.0 cm³/mol. The lowest BCUT2D eigenvalue weighted by Gasteiger charge is -2.19. The zero-order valence-corrected chi connectivity index (χ0v) is 14.9. The summed E-state index contributed by atoms with van der Waals surface area (Å²) in [6.45, 7) is 3.57. The molecule has 2 unspecified atom stereocenters. The highest BCUT2D eigenvalue weighted by Crippen LogP contribution is 2.12. The van der Waals surface area contributed by atoms with Gasteiger partial charge in [-0.1, -0.05) is 19.4 Å². The minimum absolute atomic E-state index is 0. The van der Waals surface area contributed by atoms with Crippen LogP contribution in [-0.2, 0) is 9.59 Å². The Morgan fingerprint density at radius 2 is 2.05 bits per heavy atom. The monoisotopic (exact) mass is 426 g/mol. The minimum atomic E-state index is -0.930. The Labute approximate surface area is 144 Å². The van der Waals surface area contributed by atoms with E-state index < -0.39 is 18.1 Å². The molecular weight excluding hydrogens is 407 g/mol. The first-order valence-electron chi connectivity index (χ1n) is 6.49. The van der Waals surface area contributed by atoms with Crippen LogP contribution in [0.1, 0.15) is 26.7 Å². The van der Waals surface area contributed by atoms with E-state index in [1.807, 2.05) is 25.1 Å². The smallest absolute Gasteiger partial charge is 0.320 e. The molecule has 1 aromatic rings. The summed E-state index contributed by atoms with van der Waals surface area (Å²) in [6.07, 6.45) is 1.24. The third-order valence-corrected chi connectivity index (χ3v) is 3.48. The van der Waals surface area contributed by atoms with Crippen molar-refractivity contribution in [1.82, 2.24) is 5.32 Å². The molecule has 0 aliphatic carbocycles. The molecule has 5 nitrogen and oxygen atoms in total. The molecule has 3 N–H and O–H groups in total. The topological polar surface area (TPSA) is 78.4 Å². The summed E-state index contributed by atoms with van der Waals surface area (Å²) in [6, 6.07) is 6.17. The Kier molecular flexibility index (Phi) is 9.56. The van der Waals surface area contributed by atoms with Crippen LogP contribution in [0.3, 0.4) is 0 Å². The summed E-state index contributed by atoms with van der Waals surface area (Å²) in [7, 11) is 0. The summed E-state index contributed by atoms with van der Waals surface area (Å²) in [5, 5.41) is 14.7. The van der Waals surface area contributed by atoms with E-state index in [1.165, 1.54) is 0 Å². The second kappa shape index (κ2) is 9.97. The van der Waals surface area contributed by atoms with E-state index in [-0.39, 0.29) is 18.3 Å². The van der Waals surface area contributed by atoms with Crippen molar-refractivity contribution in [2.75, 3.05) is 5.32 Å². The molecule has 0 aliphatic rings. The average molecular weight is 427 g/mol. The second-order valence-corrected chi connectivity index (χ2v) is 5.81. The van der Waals surface area contributed by atoms with Crippen LogP contribution in [0.15, 0.2) is 24.3 Å². The molecule has 21 heavy (non-hydrogen) atoms. The summed E-state index contributed by atoms with van der Waals surface area (Å²) in [5.74, 6) is -1.17. The first kappa shape index (κ1) is 20.1. The van der Waals surface area contributed by atoms with Gasteiger partial charge in [0.1, 0.15) is 6.04 Å². The van der Waals surface area contributed by atoms with Crippen LogP contribution < -0.4 is 10.6 Å². The van der Waals surface area contributed by atoms with Gasteiger partial charge < -0.3 is 10.4 Å². The summed E-state index contributed by atoms with van der Waals surface area (Å²) in [5.41, 5.74) is 0.706. The van der Waals surface area contributed by atoms with Crippen LogP contribution in [0.5, 0.6) is 0 Å². The molecule has 0 saturated carbocycles. The maximum absolute atomic E-state index is 12.0. The number of carboxylic acid groups (broad SMARTS) is 1. The van der Waals surface area contributed by atoms with Crippen molar-refractivity contribution in [1.29, 1.82) is 0 Å². The van der Waals surface area contributed by atoms with Crippen LogP contribution in [0.4, 0.5) is 5.69 Å². The molecule has 1 aromatic carbocycles. The number of hydrogen-bond acceptors (Lipinski definition) is 3. The van der Waals surface area contributed by atoms with Gasteiger partial charge in [-0.25, -0.2) is 0 Å². The van der Waals surface area contributed by atoms with Crippen LogP contribution in [0, 0.1) is 3.57 Å². The van der Waals surface area contributed by atoms with Crippen molar-refractivity contribution < 1.29 is 14.7 Å². The highest BCUT2D eigenvalue weighted by molar-refractivity contribution is 14.1. The van der Waals surface area contributed by atoms with Crippen LogP contribution in [-0.4, -0.2) is 29.1 Å². The molecule has 1 amide bonds. The lowest BCUT2D eigenvalue weighted by molar-refractivity contribution is -0.140. The molecule has 0 spiro atoms. The second-order valence-electron chi connectivity index (χ2n) is 4.57. The number of nitrogens with one attached hydrogen (secondary N) is 2. The van der Waals surface area contributed by atoms with E-state index in [1.54, 1.807) is 13.0 Å². The van der Waals surface area contributed by atoms with Gasteiger partial charge in [0.15, 0.2) is 0 Å². The number of amides is 1. The average Bonchev–Trinajstić information content (AvgIpc) is 2.37. The number of rotatable bonds is 7. The Morgan fingerprint density at radius 3 is 2.57 bits per heavy atom. The number of anilines is 1. The van der Waals surface area contributed by atoms with Crippen LogP contribution in [0.25, 0.3) is 0 Å². The number of halogens is 2. The molecule has 1 rings (SSSR count). The minimum Gasteiger partial charge on any atom is -0.480 e. The van der Waals surface area contributed by atoms with Gasteiger partial charge in [0.25, 0.3) is 0 Å². The Hall–Kier alpha value is -0.860. The molecule has 0 fully saturated rings. The largest absolute Gasteiger partial charge is 0.480 e. The van der Waals surface area contributed by atoms with Crippen molar-refractivity contribution in [2.45, 2.75) is 38.8 Å². The zero-order valence-electron chi connectivity index (χ0n) is 11.9. The van der Waals surface area contributed by atoms with Gasteiger partial charge in [0.2, 0.25) is 5.91 Å². The van der Waals surface area contributed by atoms with Gasteiger partial charge >= 0.3 is 5.97 Å². The highest BCUT2D eigenvalue weighted by atomic mass is 127. The molecule has 2 atom stereocenters. The van der Waals surface area contributed by atoms with E-state index in [4.69, 9.17) is 5.11 Å².